The van der Waals surface area contributed by atoms with Crippen LogP contribution in [0.15, 0.2) is 0 Å². The van der Waals surface area contributed by atoms with Gasteiger partial charge in [0.1, 0.15) is 0 Å². The van der Waals surface area contributed by atoms with E-state index in [0.717, 1.165) is 12.8 Å². The van der Waals surface area contributed by atoms with E-state index in [4.69, 9.17) is 0 Å². The smallest absolute Gasteiger partial charge is 0.0417 e. The molecule has 0 aliphatic rings. The molecule has 0 atom stereocenters. The highest BCUT2D eigenvalue weighted by Gasteiger charge is 2.01. The van der Waals surface area contributed by atoms with Gasteiger partial charge in [-0.05, 0) is 12.3 Å². The average Bonchev–Trinajstić information content (AvgIpc) is 1.82. The Bertz CT molecular complexity index is 84.9. The fourth-order valence-corrected chi connectivity index (χ4v) is 0.813. The summed E-state index contributed by atoms with van der Waals surface area (Å²) in [6, 6.07) is 0. The minimum Gasteiger partial charge on any atom is -0.550 e. The van der Waals surface area contributed by atoms with E-state index in [1.54, 1.807) is 0 Å². The maximum Gasteiger partial charge on any atom is 0.0417 e. The molecule has 0 fully saturated rings. The van der Waals surface area contributed by atoms with Crippen molar-refractivity contribution in [2.24, 2.45) is 5.92 Å². The van der Waals surface area contributed by atoms with E-state index in [2.05, 4.69) is 0 Å². The van der Waals surface area contributed by atoms with Crippen molar-refractivity contribution >= 4 is 5.97 Å². The summed E-state index contributed by atoms with van der Waals surface area (Å²) in [5.74, 6) is -0.612. The summed E-state index contributed by atoms with van der Waals surface area (Å²) in [6.07, 6.45) is 2.09. The summed E-state index contributed by atoms with van der Waals surface area (Å²) < 4.78 is 0. The maximum atomic E-state index is 10.0. The van der Waals surface area contributed by atoms with Gasteiger partial charge in [-0.15, -0.1) is 0 Å². The van der Waals surface area contributed by atoms with Gasteiger partial charge in [-0.1, -0.05) is 26.7 Å². The van der Waals surface area contributed by atoms with Gasteiger partial charge >= 0.3 is 0 Å². The van der Waals surface area contributed by atoms with Crippen molar-refractivity contribution in [2.75, 3.05) is 0 Å². The van der Waals surface area contributed by atoms with Crippen LogP contribution in [0.5, 0.6) is 0 Å². The molecule has 0 aromatic rings. The Labute approximate surface area is 55.9 Å². The highest BCUT2D eigenvalue weighted by atomic mass is 16.4. The molecule has 0 unspecified atom stereocenters. The minimum absolute atomic E-state index is 0.215. The zero-order valence-electron chi connectivity index (χ0n) is 6.02. The molecule has 0 aliphatic heterocycles. The number of carbonyl (C=O) groups is 1. The van der Waals surface area contributed by atoms with Crippen LogP contribution in [0.2, 0.25) is 0 Å². The SMILES string of the molecule is CCC(CC)CC(=O)[O-]. The van der Waals surface area contributed by atoms with E-state index in [-0.39, 0.29) is 6.42 Å². The van der Waals surface area contributed by atoms with Crippen molar-refractivity contribution < 1.29 is 9.90 Å². The molecule has 0 saturated heterocycles. The number of carboxylic acids is 1. The Hall–Kier alpha value is -0.530. The first-order valence-electron chi connectivity index (χ1n) is 3.40. The normalized spacial score (nSPS) is 10.1. The van der Waals surface area contributed by atoms with Gasteiger partial charge in [0.25, 0.3) is 0 Å². The molecule has 0 rings (SSSR count). The highest BCUT2D eigenvalue weighted by molar-refractivity contribution is 5.64. The van der Waals surface area contributed by atoms with Crippen LogP contribution in [-0.2, 0) is 4.79 Å². The predicted molar refractivity (Wildman–Crippen MR) is 33.7 cm³/mol. The van der Waals surface area contributed by atoms with E-state index in [1.807, 2.05) is 13.8 Å². The van der Waals surface area contributed by atoms with Gasteiger partial charge in [0, 0.05) is 5.97 Å². The number of carbonyl (C=O) groups excluding carboxylic acids is 1. The van der Waals surface area contributed by atoms with E-state index in [0.29, 0.717) is 5.92 Å². The second kappa shape index (κ2) is 4.36. The van der Waals surface area contributed by atoms with Gasteiger partial charge in [-0.2, -0.15) is 0 Å². The van der Waals surface area contributed by atoms with Crippen LogP contribution in [0.4, 0.5) is 0 Å². The number of aliphatic carboxylic acids is 1. The lowest BCUT2D eigenvalue weighted by atomic mass is 10.00. The lowest BCUT2D eigenvalue weighted by Gasteiger charge is -2.11. The molecule has 0 radical (unpaired) electrons. The number of carboxylic acid groups (broad SMARTS) is 1. The molecule has 0 aromatic carbocycles. The molecule has 0 heterocycles. The second-order valence-corrected chi connectivity index (χ2v) is 2.26. The Morgan fingerprint density at radius 1 is 1.44 bits per heavy atom. The van der Waals surface area contributed by atoms with Crippen LogP contribution >= 0.6 is 0 Å². The molecule has 0 bridgehead atoms. The third-order valence-electron chi connectivity index (χ3n) is 1.61. The van der Waals surface area contributed by atoms with Crippen molar-refractivity contribution in [1.29, 1.82) is 0 Å². The molecule has 0 aromatic heterocycles. The zero-order chi connectivity index (χ0) is 7.28. The lowest BCUT2D eigenvalue weighted by Crippen LogP contribution is -2.24. The van der Waals surface area contributed by atoms with Gasteiger partial charge < -0.3 is 9.90 Å². The fourth-order valence-electron chi connectivity index (χ4n) is 0.813. The van der Waals surface area contributed by atoms with Crippen molar-refractivity contribution in [3.63, 3.8) is 0 Å². The van der Waals surface area contributed by atoms with Crippen LogP contribution in [-0.4, -0.2) is 5.97 Å². The van der Waals surface area contributed by atoms with Gasteiger partial charge in [0.2, 0.25) is 0 Å². The van der Waals surface area contributed by atoms with Gasteiger partial charge in [0.15, 0.2) is 0 Å². The molecular weight excluding hydrogens is 116 g/mol. The molecule has 2 nitrogen and oxygen atoms in total. The molecule has 0 N–H and O–H groups in total. The Kier molecular flexibility index (Phi) is 4.10. The second-order valence-electron chi connectivity index (χ2n) is 2.26. The van der Waals surface area contributed by atoms with E-state index in [9.17, 15) is 9.90 Å². The summed E-state index contributed by atoms with van der Waals surface area (Å²) in [4.78, 5) is 10.0. The predicted octanol–water partition coefficient (Wildman–Crippen LogP) is 0.563. The molecule has 0 saturated carbocycles. The first kappa shape index (κ1) is 8.47. The summed E-state index contributed by atoms with van der Waals surface area (Å²) >= 11 is 0. The van der Waals surface area contributed by atoms with Gasteiger partial charge in [0.05, 0.1) is 0 Å². The third kappa shape index (κ3) is 4.01. The first-order chi connectivity index (χ1) is 4.20. The fraction of sp³-hybridized carbons (Fsp3) is 0.857. The topological polar surface area (TPSA) is 40.1 Å². The van der Waals surface area contributed by atoms with Crippen LogP contribution in [0.1, 0.15) is 33.1 Å². The lowest BCUT2D eigenvalue weighted by molar-refractivity contribution is -0.306. The van der Waals surface area contributed by atoms with E-state index in [1.165, 1.54) is 0 Å². The summed E-state index contributed by atoms with van der Waals surface area (Å²) in [7, 11) is 0. The summed E-state index contributed by atoms with van der Waals surface area (Å²) in [5, 5.41) is 10.0. The quantitative estimate of drug-likeness (QED) is 0.556. The molecule has 54 valence electrons. The van der Waals surface area contributed by atoms with Gasteiger partial charge in [-0.25, -0.2) is 0 Å². The average molecular weight is 129 g/mol. The zero-order valence-corrected chi connectivity index (χ0v) is 6.02. The summed E-state index contributed by atoms with van der Waals surface area (Å²) in [6.45, 7) is 3.99. The maximum absolute atomic E-state index is 10.0. The first-order valence-corrected chi connectivity index (χ1v) is 3.40. The number of rotatable bonds is 4. The van der Waals surface area contributed by atoms with Crippen molar-refractivity contribution in [1.82, 2.24) is 0 Å². The number of hydrogen-bond donors (Lipinski definition) is 0. The van der Waals surface area contributed by atoms with Crippen LogP contribution < -0.4 is 5.11 Å². The standard InChI is InChI=1S/C7H14O2/c1-3-6(4-2)5-7(8)9/h6H,3-5H2,1-2H3,(H,8,9)/p-1. The molecule has 0 aliphatic carbocycles. The van der Waals surface area contributed by atoms with Crippen LogP contribution in [0, 0.1) is 5.92 Å². The molecule has 9 heavy (non-hydrogen) atoms. The number of hydrogen-bond acceptors (Lipinski definition) is 2. The summed E-state index contributed by atoms with van der Waals surface area (Å²) in [5.41, 5.74) is 0. The Morgan fingerprint density at radius 3 is 2.00 bits per heavy atom. The monoisotopic (exact) mass is 129 g/mol. The third-order valence-corrected chi connectivity index (χ3v) is 1.61. The minimum atomic E-state index is -0.927. The van der Waals surface area contributed by atoms with Crippen molar-refractivity contribution in [2.45, 2.75) is 33.1 Å². The van der Waals surface area contributed by atoms with Crippen LogP contribution in [0.3, 0.4) is 0 Å². The van der Waals surface area contributed by atoms with E-state index < -0.39 is 5.97 Å². The molecular formula is C7H13O2-. The van der Waals surface area contributed by atoms with E-state index >= 15 is 0 Å². The molecule has 0 spiro atoms. The largest absolute Gasteiger partial charge is 0.550 e. The Morgan fingerprint density at radius 2 is 1.89 bits per heavy atom. The van der Waals surface area contributed by atoms with Gasteiger partial charge in [-0.3, -0.25) is 0 Å². The van der Waals surface area contributed by atoms with Crippen molar-refractivity contribution in [3.05, 3.63) is 0 Å². The highest BCUT2D eigenvalue weighted by Crippen LogP contribution is 2.10. The molecule has 0 amide bonds. The van der Waals surface area contributed by atoms with Crippen molar-refractivity contribution in [3.8, 4) is 0 Å². The van der Waals surface area contributed by atoms with Crippen LogP contribution in [0.25, 0.3) is 0 Å². The molecule has 2 heteroatoms. The Balaban J connectivity index is 3.43.